The molecule has 4 rings (SSSR count). The Balaban J connectivity index is 1.39. The van der Waals surface area contributed by atoms with Crippen molar-refractivity contribution >= 4 is 44.8 Å². The van der Waals surface area contributed by atoms with Gasteiger partial charge < -0.3 is 20.1 Å². The Labute approximate surface area is 288 Å². The van der Waals surface area contributed by atoms with Crippen molar-refractivity contribution in [1.29, 1.82) is 0 Å². The standard InChI is InChI=1S/C34H52N6O6S2/c1-5-6-7-8-9-10-11-12-13-28(46-27-16-14-26(15-17-27)39-19-22-48(44,45)23-20-39)32(43)35-24-34(3,4)33-37-36-31-30(25(2)38-40(31)33)47-21-18-29(41)42/h14-17,28,38H,5-13,18-24H2,1-4H3,(H,35,43)(H,41,42). The normalized spacial score (nSPS) is 15.5. The fourth-order valence-corrected chi connectivity index (χ4v) is 8.06. The molecule has 0 saturated carbocycles. The molecule has 3 N–H and O–H groups in total. The number of ether oxygens (including phenoxy) is 1. The van der Waals surface area contributed by atoms with Gasteiger partial charge in [0.2, 0.25) is 0 Å². The van der Waals surface area contributed by atoms with Crippen LogP contribution in [-0.4, -0.2) is 88.2 Å². The zero-order chi connectivity index (χ0) is 34.7. The van der Waals surface area contributed by atoms with Crippen LogP contribution in [-0.2, 0) is 24.8 Å². The number of carboxylic acid groups (broad SMARTS) is 1. The van der Waals surface area contributed by atoms with Gasteiger partial charge >= 0.3 is 5.97 Å². The maximum absolute atomic E-state index is 13.7. The molecule has 1 aliphatic heterocycles. The number of aliphatic carboxylic acids is 1. The van der Waals surface area contributed by atoms with Crippen molar-refractivity contribution in [1.82, 2.24) is 25.1 Å². The molecule has 1 unspecified atom stereocenters. The second-order valence-corrected chi connectivity index (χ2v) is 16.8. The third-order valence-corrected chi connectivity index (χ3v) is 11.6. The number of amides is 1. The second-order valence-electron chi connectivity index (χ2n) is 13.3. The van der Waals surface area contributed by atoms with E-state index in [0.717, 1.165) is 35.5 Å². The summed E-state index contributed by atoms with van der Waals surface area (Å²) in [5.41, 5.74) is 1.88. The number of aryl methyl sites for hydroxylation is 1. The largest absolute Gasteiger partial charge is 0.481 e. The van der Waals surface area contributed by atoms with E-state index in [9.17, 15) is 18.0 Å². The molecule has 2 aromatic heterocycles. The van der Waals surface area contributed by atoms with Crippen molar-refractivity contribution in [2.75, 3.05) is 41.8 Å². The summed E-state index contributed by atoms with van der Waals surface area (Å²) in [6, 6.07) is 7.54. The first kappa shape index (κ1) is 37.6. The molecule has 1 amide bonds. The number of anilines is 1. The Bertz CT molecular complexity index is 1590. The van der Waals surface area contributed by atoms with Gasteiger partial charge in [0, 0.05) is 42.2 Å². The molecule has 0 bridgehead atoms. The van der Waals surface area contributed by atoms with Crippen LogP contribution in [0, 0.1) is 6.92 Å². The van der Waals surface area contributed by atoms with Crippen molar-refractivity contribution in [3.05, 3.63) is 35.8 Å². The van der Waals surface area contributed by atoms with Crippen LogP contribution in [0.1, 0.15) is 96.5 Å². The monoisotopic (exact) mass is 704 g/mol. The Hall–Kier alpha value is -3.26. The van der Waals surface area contributed by atoms with Crippen LogP contribution in [0.5, 0.6) is 5.75 Å². The minimum atomic E-state index is -2.97. The molecule has 1 aromatic carbocycles. The summed E-state index contributed by atoms with van der Waals surface area (Å²) >= 11 is 1.43. The summed E-state index contributed by atoms with van der Waals surface area (Å²) in [5, 5.41) is 24.3. The molecule has 0 spiro atoms. The van der Waals surface area contributed by atoms with Gasteiger partial charge in [-0.25, -0.2) is 12.9 Å². The van der Waals surface area contributed by atoms with Crippen LogP contribution in [0.4, 0.5) is 5.69 Å². The summed E-state index contributed by atoms with van der Waals surface area (Å²) in [7, 11) is -2.97. The van der Waals surface area contributed by atoms with Gasteiger partial charge in [0.25, 0.3) is 5.91 Å². The summed E-state index contributed by atoms with van der Waals surface area (Å²) in [4.78, 5) is 27.6. The predicted molar refractivity (Wildman–Crippen MR) is 190 cm³/mol. The number of thioether (sulfide) groups is 1. The number of carboxylic acids is 1. The highest BCUT2D eigenvalue weighted by molar-refractivity contribution is 7.99. The van der Waals surface area contributed by atoms with Gasteiger partial charge in [0.05, 0.1) is 22.8 Å². The minimum absolute atomic E-state index is 0.0528. The number of carbonyl (C=O) groups is 2. The Kier molecular flexibility index (Phi) is 13.6. The van der Waals surface area contributed by atoms with Crippen LogP contribution in [0.15, 0.2) is 29.2 Å². The average Bonchev–Trinajstić information content (AvgIpc) is 3.59. The van der Waals surface area contributed by atoms with E-state index in [-0.39, 0.29) is 23.8 Å². The van der Waals surface area contributed by atoms with E-state index in [4.69, 9.17) is 9.84 Å². The van der Waals surface area contributed by atoms with E-state index in [1.807, 2.05) is 49.6 Å². The second kappa shape index (κ2) is 17.4. The lowest BCUT2D eigenvalue weighted by Gasteiger charge is -2.29. The third-order valence-electron chi connectivity index (χ3n) is 8.80. The fraction of sp³-hybridized carbons (Fsp3) is 0.647. The van der Waals surface area contributed by atoms with Crippen molar-refractivity contribution in [2.24, 2.45) is 0 Å². The van der Waals surface area contributed by atoms with E-state index in [1.165, 1.54) is 43.9 Å². The number of benzene rings is 1. The van der Waals surface area contributed by atoms with Gasteiger partial charge in [0.1, 0.15) is 5.75 Å². The Morgan fingerprint density at radius 3 is 2.33 bits per heavy atom. The number of aromatic amines is 1. The maximum Gasteiger partial charge on any atom is 0.304 e. The average molecular weight is 705 g/mol. The summed E-state index contributed by atoms with van der Waals surface area (Å²) in [5.74, 6) is 0.952. The predicted octanol–water partition coefficient (Wildman–Crippen LogP) is 5.54. The number of fused-ring (bicyclic) bond motifs is 1. The highest BCUT2D eigenvalue weighted by Crippen LogP contribution is 2.30. The number of unbranched alkanes of at least 4 members (excludes halogenated alkanes) is 7. The molecule has 1 atom stereocenters. The first-order valence-corrected chi connectivity index (χ1v) is 20.0. The minimum Gasteiger partial charge on any atom is -0.481 e. The molecule has 0 radical (unpaired) electrons. The number of H-pyrrole nitrogens is 1. The number of hydrogen-bond acceptors (Lipinski definition) is 9. The lowest BCUT2D eigenvalue weighted by atomic mass is 9.92. The molecule has 1 saturated heterocycles. The molecule has 48 heavy (non-hydrogen) atoms. The molecule has 12 nitrogen and oxygen atoms in total. The number of nitrogens with zero attached hydrogens (tertiary/aromatic N) is 4. The molecule has 3 aromatic rings. The molecule has 0 aliphatic carbocycles. The van der Waals surface area contributed by atoms with Crippen LogP contribution < -0.4 is 15.0 Å². The molecular weight excluding hydrogens is 653 g/mol. The number of nitrogens with one attached hydrogen (secondary N) is 2. The maximum atomic E-state index is 13.7. The van der Waals surface area contributed by atoms with Gasteiger partial charge in [-0.15, -0.1) is 22.0 Å². The topological polar surface area (TPSA) is 159 Å². The molecule has 1 aliphatic rings. The molecule has 3 heterocycles. The fourth-order valence-electron chi connectivity index (χ4n) is 5.85. The lowest BCUT2D eigenvalue weighted by Crippen LogP contribution is -2.44. The van der Waals surface area contributed by atoms with E-state index in [2.05, 4.69) is 32.4 Å². The SMILES string of the molecule is CCCCCCCCCCC(Oc1ccc(N2CCS(=O)(=O)CC2)cc1)C(=O)NCC(C)(C)c1nnc2c(SCCC(=O)O)c(C)[nH]n12. The van der Waals surface area contributed by atoms with Crippen molar-refractivity contribution in [3.8, 4) is 5.75 Å². The highest BCUT2D eigenvalue weighted by atomic mass is 32.2. The van der Waals surface area contributed by atoms with Crippen molar-refractivity contribution in [3.63, 3.8) is 0 Å². The van der Waals surface area contributed by atoms with Crippen molar-refractivity contribution in [2.45, 2.75) is 108 Å². The molecule has 1 fully saturated rings. The number of carbonyl (C=O) groups excluding carboxylic acids is 1. The molecule has 266 valence electrons. The van der Waals surface area contributed by atoms with Crippen molar-refractivity contribution < 1.29 is 27.9 Å². The van der Waals surface area contributed by atoms with Gasteiger partial charge in [0.15, 0.2) is 27.4 Å². The Morgan fingerprint density at radius 2 is 1.69 bits per heavy atom. The first-order chi connectivity index (χ1) is 22.9. The quantitative estimate of drug-likeness (QED) is 0.101. The zero-order valence-corrected chi connectivity index (χ0v) is 30.4. The third kappa shape index (κ3) is 10.6. The van der Waals surface area contributed by atoms with Crippen LogP contribution >= 0.6 is 11.8 Å². The van der Waals surface area contributed by atoms with E-state index in [1.54, 1.807) is 0 Å². The summed E-state index contributed by atoms with van der Waals surface area (Å²) < 4.78 is 31.8. The number of aromatic nitrogens is 4. The Morgan fingerprint density at radius 1 is 1.04 bits per heavy atom. The smallest absolute Gasteiger partial charge is 0.304 e. The van der Waals surface area contributed by atoms with E-state index in [0.29, 0.717) is 49.0 Å². The van der Waals surface area contributed by atoms with Gasteiger partial charge in [-0.3, -0.25) is 14.7 Å². The van der Waals surface area contributed by atoms with Gasteiger partial charge in [-0.05, 0) is 44.0 Å². The lowest BCUT2D eigenvalue weighted by molar-refractivity contribution is -0.136. The van der Waals surface area contributed by atoms with E-state index < -0.39 is 27.3 Å². The van der Waals surface area contributed by atoms with Crippen LogP contribution in [0.3, 0.4) is 0 Å². The van der Waals surface area contributed by atoms with E-state index >= 15 is 0 Å². The first-order valence-electron chi connectivity index (χ1n) is 17.2. The summed E-state index contributed by atoms with van der Waals surface area (Å²) in [6.45, 7) is 9.37. The zero-order valence-electron chi connectivity index (χ0n) is 28.8. The van der Waals surface area contributed by atoms with Crippen LogP contribution in [0.25, 0.3) is 5.65 Å². The highest BCUT2D eigenvalue weighted by Gasteiger charge is 2.31. The van der Waals surface area contributed by atoms with Crippen LogP contribution in [0.2, 0.25) is 0 Å². The summed E-state index contributed by atoms with van der Waals surface area (Å²) in [6.07, 6.45) is 9.26. The van der Waals surface area contributed by atoms with Gasteiger partial charge in [-0.1, -0.05) is 65.7 Å². The van der Waals surface area contributed by atoms with Gasteiger partial charge in [-0.2, -0.15) is 0 Å². The molecule has 14 heteroatoms. The number of hydrogen-bond donors (Lipinski definition) is 3. The molecular formula is C34H52N6O6S2. The number of sulfone groups is 1. The number of rotatable bonds is 20.